The first-order valence-corrected chi connectivity index (χ1v) is 8.25. The highest BCUT2D eigenvalue weighted by Crippen LogP contribution is 2.28. The zero-order chi connectivity index (χ0) is 14.9. The van der Waals surface area contributed by atoms with Gasteiger partial charge in [0.2, 0.25) is 5.88 Å². The van der Waals surface area contributed by atoms with Crippen LogP contribution in [0.25, 0.3) is 0 Å². The number of halogens is 1. The van der Waals surface area contributed by atoms with E-state index in [9.17, 15) is 8.42 Å². The maximum atomic E-state index is 11.1. The van der Waals surface area contributed by atoms with E-state index in [0.717, 1.165) is 16.7 Å². The molecule has 4 nitrogen and oxygen atoms in total. The first-order chi connectivity index (χ1) is 9.27. The molecule has 0 unspecified atom stereocenters. The van der Waals surface area contributed by atoms with Crippen LogP contribution in [0.1, 0.15) is 16.7 Å². The topological polar surface area (TPSA) is 56.3 Å². The second-order valence-electron chi connectivity index (χ2n) is 4.58. The Morgan fingerprint density at radius 1 is 1.15 bits per heavy atom. The number of aromatic nitrogens is 1. The number of nitrogens with zero attached hydrogens (tertiary/aromatic N) is 1. The van der Waals surface area contributed by atoms with Crippen LogP contribution in [0, 0.1) is 20.8 Å². The third-order valence-corrected chi connectivity index (χ3v) is 4.31. The number of aryl methyl sites for hydroxylation is 2. The molecule has 0 saturated carbocycles. The van der Waals surface area contributed by atoms with Crippen molar-refractivity contribution in [1.82, 2.24) is 4.98 Å². The number of pyridine rings is 1. The van der Waals surface area contributed by atoms with Crippen LogP contribution in [0.4, 0.5) is 0 Å². The highest BCUT2D eigenvalue weighted by Gasteiger charge is 2.11. The van der Waals surface area contributed by atoms with Crippen LogP contribution in [0.5, 0.6) is 11.6 Å². The predicted molar refractivity (Wildman–Crippen MR) is 78.0 cm³/mol. The monoisotopic (exact) mass is 311 g/mol. The molecule has 0 aliphatic rings. The Hall–Kier alpha value is -1.59. The Morgan fingerprint density at radius 3 is 2.40 bits per heavy atom. The van der Waals surface area contributed by atoms with Gasteiger partial charge < -0.3 is 4.74 Å². The predicted octanol–water partition coefficient (Wildman–Crippen LogP) is 3.73. The van der Waals surface area contributed by atoms with Gasteiger partial charge in [0.1, 0.15) is 10.6 Å². The SMILES string of the molecule is Cc1cc(C)c(C)c(Oc2ccc(S(=O)(=O)Cl)cn2)c1. The number of benzene rings is 1. The van der Waals surface area contributed by atoms with E-state index in [-0.39, 0.29) is 4.90 Å². The first-order valence-electron chi connectivity index (χ1n) is 5.94. The molecule has 0 amide bonds. The lowest BCUT2D eigenvalue weighted by Gasteiger charge is -2.11. The molecular weight excluding hydrogens is 298 g/mol. The average Bonchev–Trinajstić information content (AvgIpc) is 2.35. The van der Waals surface area contributed by atoms with Gasteiger partial charge in [-0.25, -0.2) is 13.4 Å². The van der Waals surface area contributed by atoms with Gasteiger partial charge in [-0.15, -0.1) is 0 Å². The average molecular weight is 312 g/mol. The Bertz CT molecular complexity index is 740. The highest BCUT2D eigenvalue weighted by atomic mass is 35.7. The molecule has 1 aromatic heterocycles. The lowest BCUT2D eigenvalue weighted by atomic mass is 10.1. The van der Waals surface area contributed by atoms with E-state index in [1.807, 2.05) is 26.8 Å². The molecular formula is C14H14ClNO3S. The van der Waals surface area contributed by atoms with Crippen molar-refractivity contribution < 1.29 is 13.2 Å². The van der Waals surface area contributed by atoms with Crippen LogP contribution in [-0.2, 0) is 9.05 Å². The fraction of sp³-hybridized carbons (Fsp3) is 0.214. The van der Waals surface area contributed by atoms with Crippen LogP contribution in [0.15, 0.2) is 35.4 Å². The van der Waals surface area contributed by atoms with Crippen LogP contribution in [-0.4, -0.2) is 13.4 Å². The van der Waals surface area contributed by atoms with Gasteiger partial charge in [-0.05, 0) is 49.6 Å². The van der Waals surface area contributed by atoms with E-state index in [4.69, 9.17) is 15.4 Å². The summed E-state index contributed by atoms with van der Waals surface area (Å²) in [6.07, 6.45) is 1.18. The normalized spacial score (nSPS) is 11.4. The minimum Gasteiger partial charge on any atom is -0.439 e. The van der Waals surface area contributed by atoms with E-state index < -0.39 is 9.05 Å². The minimum absolute atomic E-state index is 0.0522. The van der Waals surface area contributed by atoms with Crippen molar-refractivity contribution in [3.63, 3.8) is 0 Å². The lowest BCUT2D eigenvalue weighted by molar-refractivity contribution is 0.457. The van der Waals surface area contributed by atoms with Gasteiger partial charge in [0.25, 0.3) is 9.05 Å². The molecule has 2 aromatic rings. The van der Waals surface area contributed by atoms with Crippen LogP contribution >= 0.6 is 10.7 Å². The zero-order valence-corrected chi connectivity index (χ0v) is 12.9. The lowest BCUT2D eigenvalue weighted by Crippen LogP contribution is -1.95. The Labute approximate surface area is 122 Å². The van der Waals surface area contributed by atoms with Crippen molar-refractivity contribution in [2.24, 2.45) is 0 Å². The van der Waals surface area contributed by atoms with Crippen LogP contribution < -0.4 is 4.74 Å². The molecule has 1 aromatic carbocycles. The summed E-state index contributed by atoms with van der Waals surface area (Å²) in [6, 6.07) is 6.82. The number of hydrogen-bond acceptors (Lipinski definition) is 4. The number of ether oxygens (including phenoxy) is 1. The fourth-order valence-electron chi connectivity index (χ4n) is 1.79. The number of hydrogen-bond donors (Lipinski definition) is 0. The summed E-state index contributed by atoms with van der Waals surface area (Å²) in [5.74, 6) is 1.03. The molecule has 0 aliphatic heterocycles. The summed E-state index contributed by atoms with van der Waals surface area (Å²) in [5.41, 5.74) is 3.23. The molecule has 0 atom stereocenters. The van der Waals surface area contributed by atoms with E-state index >= 15 is 0 Å². The largest absolute Gasteiger partial charge is 0.439 e. The molecule has 0 aliphatic carbocycles. The maximum absolute atomic E-state index is 11.1. The molecule has 0 radical (unpaired) electrons. The summed E-state index contributed by atoms with van der Waals surface area (Å²) in [5, 5.41) is 0. The highest BCUT2D eigenvalue weighted by molar-refractivity contribution is 8.13. The Kier molecular flexibility index (Phi) is 4.01. The first kappa shape index (κ1) is 14.8. The summed E-state index contributed by atoms with van der Waals surface area (Å²) < 4.78 is 28.0. The summed E-state index contributed by atoms with van der Waals surface area (Å²) in [6.45, 7) is 5.95. The molecule has 1 heterocycles. The van der Waals surface area contributed by atoms with Crippen molar-refractivity contribution in [3.05, 3.63) is 47.2 Å². The second-order valence-corrected chi connectivity index (χ2v) is 7.14. The minimum atomic E-state index is -3.76. The van der Waals surface area contributed by atoms with E-state index in [1.54, 1.807) is 0 Å². The molecule has 20 heavy (non-hydrogen) atoms. The van der Waals surface area contributed by atoms with Crippen LogP contribution in [0.2, 0.25) is 0 Å². The van der Waals surface area contributed by atoms with Crippen molar-refractivity contribution in [1.29, 1.82) is 0 Å². The van der Waals surface area contributed by atoms with E-state index in [0.29, 0.717) is 11.6 Å². The molecule has 0 spiro atoms. The van der Waals surface area contributed by atoms with Crippen LogP contribution in [0.3, 0.4) is 0 Å². The van der Waals surface area contributed by atoms with Gasteiger partial charge in [-0.2, -0.15) is 0 Å². The third kappa shape index (κ3) is 3.29. The van der Waals surface area contributed by atoms with Gasteiger partial charge in [0, 0.05) is 16.7 Å². The van der Waals surface area contributed by atoms with Crippen molar-refractivity contribution >= 4 is 19.7 Å². The van der Waals surface area contributed by atoms with E-state index in [1.165, 1.54) is 18.3 Å². The zero-order valence-electron chi connectivity index (χ0n) is 11.3. The van der Waals surface area contributed by atoms with Gasteiger partial charge in [0.15, 0.2) is 0 Å². The molecule has 6 heteroatoms. The van der Waals surface area contributed by atoms with Crippen molar-refractivity contribution in [3.8, 4) is 11.6 Å². The maximum Gasteiger partial charge on any atom is 0.262 e. The molecule has 0 N–H and O–H groups in total. The van der Waals surface area contributed by atoms with Gasteiger partial charge in [-0.1, -0.05) is 6.07 Å². The number of rotatable bonds is 3. The van der Waals surface area contributed by atoms with Crippen molar-refractivity contribution in [2.45, 2.75) is 25.7 Å². The smallest absolute Gasteiger partial charge is 0.262 e. The standard InChI is InChI=1S/C14H14ClNO3S/c1-9-6-10(2)11(3)13(7-9)19-14-5-4-12(8-16-14)20(15,17)18/h4-8H,1-3H3. The Balaban J connectivity index is 2.32. The van der Waals surface area contributed by atoms with E-state index in [2.05, 4.69) is 11.1 Å². The Morgan fingerprint density at radius 2 is 1.85 bits per heavy atom. The van der Waals surface area contributed by atoms with Crippen molar-refractivity contribution in [2.75, 3.05) is 0 Å². The third-order valence-electron chi connectivity index (χ3n) is 2.97. The van der Waals surface area contributed by atoms with Gasteiger partial charge in [0.05, 0.1) is 6.20 Å². The second kappa shape index (κ2) is 5.42. The summed E-state index contributed by atoms with van der Waals surface area (Å²) in [4.78, 5) is 3.90. The van der Waals surface area contributed by atoms with Gasteiger partial charge >= 0.3 is 0 Å². The molecule has 2 rings (SSSR count). The molecule has 0 fully saturated rings. The molecule has 0 bridgehead atoms. The quantitative estimate of drug-likeness (QED) is 0.810. The molecule has 0 saturated heterocycles. The fourth-order valence-corrected chi connectivity index (χ4v) is 2.47. The van der Waals surface area contributed by atoms with Gasteiger partial charge in [-0.3, -0.25) is 0 Å². The summed E-state index contributed by atoms with van der Waals surface area (Å²) >= 11 is 0. The summed E-state index contributed by atoms with van der Waals surface area (Å²) in [7, 11) is 1.47. The molecule has 106 valence electrons.